The lowest BCUT2D eigenvalue weighted by molar-refractivity contribution is 0.185. The van der Waals surface area contributed by atoms with Crippen LogP contribution in [0.2, 0.25) is 0 Å². The van der Waals surface area contributed by atoms with Crippen molar-refractivity contribution >= 4 is 27.8 Å². The van der Waals surface area contributed by atoms with Crippen molar-refractivity contribution in [1.82, 2.24) is 15.5 Å². The highest BCUT2D eigenvalue weighted by molar-refractivity contribution is 9.10. The minimum atomic E-state index is -0.940. The van der Waals surface area contributed by atoms with Crippen LogP contribution in [0.4, 0.5) is 10.6 Å². The summed E-state index contributed by atoms with van der Waals surface area (Å²) in [6, 6.07) is 4.13. The van der Waals surface area contributed by atoms with Gasteiger partial charge in [-0.1, -0.05) is 0 Å². The predicted molar refractivity (Wildman–Crippen MR) is 70.6 cm³/mol. The Morgan fingerprint density at radius 2 is 1.89 bits per heavy atom. The van der Waals surface area contributed by atoms with Gasteiger partial charge in [-0.15, -0.1) is 10.2 Å². The Morgan fingerprint density at radius 3 is 2.44 bits per heavy atom. The summed E-state index contributed by atoms with van der Waals surface area (Å²) in [4.78, 5) is 10.5. The minimum Gasteiger partial charge on any atom is -0.465 e. The monoisotopic (exact) mass is 314 g/mol. The second-order valence-corrected chi connectivity index (χ2v) is 5.20. The van der Waals surface area contributed by atoms with Crippen LogP contribution in [0.1, 0.15) is 25.7 Å². The average Bonchev–Trinajstić information content (AvgIpc) is 2.34. The van der Waals surface area contributed by atoms with Gasteiger partial charge < -0.3 is 15.7 Å². The van der Waals surface area contributed by atoms with Crippen LogP contribution < -0.4 is 10.6 Å². The molecule has 1 heterocycles. The summed E-state index contributed by atoms with van der Waals surface area (Å²) >= 11 is 3.24. The second-order valence-electron chi connectivity index (χ2n) is 4.38. The molecule has 0 unspecified atom stereocenters. The van der Waals surface area contributed by atoms with Gasteiger partial charge in [0.15, 0.2) is 0 Å². The van der Waals surface area contributed by atoms with Crippen molar-refractivity contribution in [2.24, 2.45) is 0 Å². The summed E-state index contributed by atoms with van der Waals surface area (Å²) in [6.07, 6.45) is 2.64. The maximum atomic E-state index is 10.5. The van der Waals surface area contributed by atoms with E-state index < -0.39 is 6.09 Å². The fraction of sp³-hybridized carbons (Fsp3) is 0.545. The minimum absolute atomic E-state index is 0.0801. The summed E-state index contributed by atoms with van der Waals surface area (Å²) in [7, 11) is 0. The SMILES string of the molecule is O=C(O)NC1CCC(Nc2ccc(Br)nn2)CC1. The van der Waals surface area contributed by atoms with Gasteiger partial charge in [0.05, 0.1) is 0 Å². The summed E-state index contributed by atoms with van der Waals surface area (Å²) < 4.78 is 0.711. The lowest BCUT2D eigenvalue weighted by Gasteiger charge is -2.29. The van der Waals surface area contributed by atoms with Gasteiger partial charge >= 0.3 is 6.09 Å². The molecular formula is C11H15BrN4O2. The van der Waals surface area contributed by atoms with E-state index >= 15 is 0 Å². The van der Waals surface area contributed by atoms with E-state index in [2.05, 4.69) is 36.8 Å². The van der Waals surface area contributed by atoms with Gasteiger partial charge in [-0.25, -0.2) is 4.79 Å². The zero-order valence-corrected chi connectivity index (χ0v) is 11.4. The smallest absolute Gasteiger partial charge is 0.404 e. The third kappa shape index (κ3) is 3.83. The van der Waals surface area contributed by atoms with Gasteiger partial charge in [-0.05, 0) is 53.7 Å². The Balaban J connectivity index is 1.79. The van der Waals surface area contributed by atoms with E-state index in [-0.39, 0.29) is 6.04 Å². The number of amides is 1. The molecule has 0 aliphatic heterocycles. The van der Waals surface area contributed by atoms with Gasteiger partial charge in [-0.2, -0.15) is 0 Å². The molecule has 1 aromatic heterocycles. The molecule has 1 aliphatic carbocycles. The Labute approximate surface area is 113 Å². The van der Waals surface area contributed by atoms with Crippen molar-refractivity contribution in [2.75, 3.05) is 5.32 Å². The predicted octanol–water partition coefficient (Wildman–Crippen LogP) is 2.23. The summed E-state index contributed by atoms with van der Waals surface area (Å²) in [5, 5.41) is 22.4. The number of rotatable bonds is 3. The first kappa shape index (κ1) is 13.1. The molecule has 0 atom stereocenters. The summed E-state index contributed by atoms with van der Waals surface area (Å²) in [5.41, 5.74) is 0. The molecule has 7 heteroatoms. The quantitative estimate of drug-likeness (QED) is 0.796. The molecule has 0 spiro atoms. The Morgan fingerprint density at radius 1 is 1.22 bits per heavy atom. The van der Waals surface area contributed by atoms with Crippen LogP contribution in [-0.2, 0) is 0 Å². The lowest BCUT2D eigenvalue weighted by atomic mass is 9.91. The Kier molecular flexibility index (Phi) is 4.35. The second kappa shape index (κ2) is 5.99. The fourth-order valence-corrected chi connectivity index (χ4v) is 2.37. The van der Waals surface area contributed by atoms with Crippen LogP contribution >= 0.6 is 15.9 Å². The number of hydrogen-bond donors (Lipinski definition) is 3. The molecule has 18 heavy (non-hydrogen) atoms. The molecule has 0 aromatic carbocycles. The molecule has 1 amide bonds. The zero-order valence-electron chi connectivity index (χ0n) is 9.77. The topological polar surface area (TPSA) is 87.1 Å². The zero-order chi connectivity index (χ0) is 13.0. The van der Waals surface area contributed by atoms with Crippen LogP contribution in [0.25, 0.3) is 0 Å². The number of hydrogen-bond acceptors (Lipinski definition) is 4. The first-order valence-corrected chi connectivity index (χ1v) is 6.68. The Hall–Kier alpha value is -1.37. The molecule has 0 saturated heterocycles. The highest BCUT2D eigenvalue weighted by atomic mass is 79.9. The maximum Gasteiger partial charge on any atom is 0.404 e. The van der Waals surface area contributed by atoms with Crippen LogP contribution in [-0.4, -0.2) is 33.5 Å². The first-order chi connectivity index (χ1) is 8.63. The van der Waals surface area contributed by atoms with E-state index in [0.29, 0.717) is 10.6 Å². The normalized spacial score (nSPS) is 23.4. The van der Waals surface area contributed by atoms with Gasteiger partial charge in [0, 0.05) is 12.1 Å². The van der Waals surface area contributed by atoms with E-state index in [1.54, 1.807) is 0 Å². The molecule has 6 nitrogen and oxygen atoms in total. The first-order valence-electron chi connectivity index (χ1n) is 5.88. The van der Waals surface area contributed by atoms with E-state index in [0.717, 1.165) is 31.5 Å². The van der Waals surface area contributed by atoms with Crippen LogP contribution in [0.5, 0.6) is 0 Å². The average molecular weight is 315 g/mol. The van der Waals surface area contributed by atoms with Crippen molar-refractivity contribution in [3.8, 4) is 0 Å². The molecule has 0 radical (unpaired) electrons. The van der Waals surface area contributed by atoms with E-state index in [1.807, 2.05) is 12.1 Å². The van der Waals surface area contributed by atoms with Crippen molar-refractivity contribution in [3.63, 3.8) is 0 Å². The van der Waals surface area contributed by atoms with Crippen LogP contribution in [0, 0.1) is 0 Å². The molecular weight excluding hydrogens is 300 g/mol. The van der Waals surface area contributed by atoms with Gasteiger partial charge in [0.25, 0.3) is 0 Å². The molecule has 98 valence electrons. The number of halogens is 1. The number of aromatic nitrogens is 2. The highest BCUT2D eigenvalue weighted by Crippen LogP contribution is 2.21. The van der Waals surface area contributed by atoms with Gasteiger partial charge in [0.2, 0.25) is 0 Å². The maximum absolute atomic E-state index is 10.5. The van der Waals surface area contributed by atoms with Gasteiger partial charge in [-0.3, -0.25) is 0 Å². The number of carboxylic acid groups (broad SMARTS) is 1. The Bertz CT molecular complexity index is 404. The molecule has 1 saturated carbocycles. The molecule has 1 aromatic rings. The third-order valence-electron chi connectivity index (χ3n) is 3.04. The molecule has 0 bridgehead atoms. The van der Waals surface area contributed by atoms with Crippen LogP contribution in [0.15, 0.2) is 16.7 Å². The number of nitrogens with one attached hydrogen (secondary N) is 2. The summed E-state index contributed by atoms with van der Waals surface area (Å²) in [6.45, 7) is 0. The summed E-state index contributed by atoms with van der Waals surface area (Å²) in [5.74, 6) is 0.757. The fourth-order valence-electron chi connectivity index (χ4n) is 2.16. The standard InChI is InChI=1S/C11H15BrN4O2/c12-9-5-6-10(16-15-9)13-7-1-3-8(4-2-7)14-11(17)18/h5-8,14H,1-4H2,(H,13,16)(H,17,18). The molecule has 1 aliphatic rings. The van der Waals surface area contributed by atoms with E-state index in [1.165, 1.54) is 0 Å². The van der Waals surface area contributed by atoms with Crippen LogP contribution in [0.3, 0.4) is 0 Å². The van der Waals surface area contributed by atoms with Crippen molar-refractivity contribution in [2.45, 2.75) is 37.8 Å². The van der Waals surface area contributed by atoms with Crippen molar-refractivity contribution < 1.29 is 9.90 Å². The van der Waals surface area contributed by atoms with Gasteiger partial charge in [0.1, 0.15) is 10.4 Å². The largest absolute Gasteiger partial charge is 0.465 e. The van der Waals surface area contributed by atoms with E-state index in [4.69, 9.17) is 5.11 Å². The third-order valence-corrected chi connectivity index (χ3v) is 3.46. The van der Waals surface area contributed by atoms with E-state index in [9.17, 15) is 4.79 Å². The molecule has 3 N–H and O–H groups in total. The lowest BCUT2D eigenvalue weighted by Crippen LogP contribution is -2.39. The number of carbonyl (C=O) groups is 1. The molecule has 2 rings (SSSR count). The highest BCUT2D eigenvalue weighted by Gasteiger charge is 2.22. The number of nitrogens with zero attached hydrogens (tertiary/aromatic N) is 2. The number of anilines is 1. The molecule has 1 fully saturated rings. The van der Waals surface area contributed by atoms with Crippen molar-refractivity contribution in [3.05, 3.63) is 16.7 Å². The van der Waals surface area contributed by atoms with Crippen molar-refractivity contribution in [1.29, 1.82) is 0 Å².